The van der Waals surface area contributed by atoms with Crippen LogP contribution in [0.25, 0.3) is 0 Å². The third-order valence-corrected chi connectivity index (χ3v) is 4.88. The molecule has 1 fully saturated rings. The number of rotatable bonds is 6. The number of hydrogen-bond acceptors (Lipinski definition) is 4. The largest absolute Gasteiger partial charge is 0.370 e. The number of halogens is 1. The summed E-state index contributed by atoms with van der Waals surface area (Å²) in [6.45, 7) is 4.15. The fourth-order valence-corrected chi connectivity index (χ4v) is 3.39. The predicted molar refractivity (Wildman–Crippen MR) is 101 cm³/mol. The molecule has 3 rings (SSSR count). The molecule has 1 aromatic heterocycles. The Labute approximate surface area is 149 Å². The van der Waals surface area contributed by atoms with Gasteiger partial charge in [0.15, 0.2) is 0 Å². The minimum absolute atomic E-state index is 0.572. The maximum atomic E-state index is 5.92. The molecule has 5 heteroatoms. The van der Waals surface area contributed by atoms with Crippen LogP contribution in [0.15, 0.2) is 36.5 Å². The first kappa shape index (κ1) is 17.0. The summed E-state index contributed by atoms with van der Waals surface area (Å²) in [5, 5.41) is 4.19. The van der Waals surface area contributed by atoms with E-state index in [9.17, 15) is 0 Å². The van der Waals surface area contributed by atoms with Gasteiger partial charge in [-0.2, -0.15) is 4.98 Å². The fourth-order valence-electron chi connectivity index (χ4n) is 3.26. The van der Waals surface area contributed by atoms with Gasteiger partial charge in [0.2, 0.25) is 5.95 Å². The van der Waals surface area contributed by atoms with Crippen molar-refractivity contribution >= 4 is 23.4 Å². The average molecular weight is 345 g/mol. The zero-order valence-electron chi connectivity index (χ0n) is 14.2. The van der Waals surface area contributed by atoms with E-state index in [-0.39, 0.29) is 0 Å². The van der Waals surface area contributed by atoms with Crippen molar-refractivity contribution in [3.8, 4) is 0 Å². The number of hydrogen-bond donors (Lipinski definition) is 1. The smallest absolute Gasteiger partial charge is 0.227 e. The van der Waals surface area contributed by atoms with Crippen molar-refractivity contribution in [2.75, 3.05) is 23.3 Å². The standard InChI is InChI=1S/C19H25ClN4/c1-2-17-5-3-4-14-24(17)19-22-13-11-18(23-19)21-12-10-15-6-8-16(20)9-7-15/h6-9,11,13,17H,2-5,10,12,14H2,1H3,(H,21,22,23). The van der Waals surface area contributed by atoms with E-state index >= 15 is 0 Å². The van der Waals surface area contributed by atoms with Crippen molar-refractivity contribution in [1.82, 2.24) is 9.97 Å². The summed E-state index contributed by atoms with van der Waals surface area (Å²) >= 11 is 5.92. The van der Waals surface area contributed by atoms with E-state index in [4.69, 9.17) is 16.6 Å². The lowest BCUT2D eigenvalue weighted by molar-refractivity contribution is 0.443. The average Bonchev–Trinajstić information content (AvgIpc) is 2.63. The summed E-state index contributed by atoms with van der Waals surface area (Å²) in [5.74, 6) is 1.76. The van der Waals surface area contributed by atoms with Crippen LogP contribution in [-0.4, -0.2) is 29.1 Å². The van der Waals surface area contributed by atoms with Gasteiger partial charge in [-0.3, -0.25) is 0 Å². The molecule has 0 amide bonds. The van der Waals surface area contributed by atoms with Gasteiger partial charge in [-0.15, -0.1) is 0 Å². The quantitative estimate of drug-likeness (QED) is 0.834. The molecule has 24 heavy (non-hydrogen) atoms. The third-order valence-electron chi connectivity index (χ3n) is 4.63. The predicted octanol–water partition coefficient (Wildman–Crippen LogP) is 4.55. The van der Waals surface area contributed by atoms with E-state index in [0.717, 1.165) is 42.7 Å². The molecule has 1 aromatic carbocycles. The highest BCUT2D eigenvalue weighted by Gasteiger charge is 2.23. The van der Waals surface area contributed by atoms with E-state index in [1.807, 2.05) is 24.4 Å². The van der Waals surface area contributed by atoms with Crippen LogP contribution in [0.3, 0.4) is 0 Å². The summed E-state index contributed by atoms with van der Waals surface area (Å²) < 4.78 is 0. The minimum Gasteiger partial charge on any atom is -0.370 e. The van der Waals surface area contributed by atoms with Gasteiger partial charge in [0, 0.05) is 30.4 Å². The Morgan fingerprint density at radius 3 is 2.83 bits per heavy atom. The highest BCUT2D eigenvalue weighted by Crippen LogP contribution is 2.24. The number of nitrogens with zero attached hydrogens (tertiary/aromatic N) is 3. The fraction of sp³-hybridized carbons (Fsp3) is 0.474. The van der Waals surface area contributed by atoms with Crippen molar-refractivity contribution in [2.24, 2.45) is 0 Å². The van der Waals surface area contributed by atoms with Crippen molar-refractivity contribution in [2.45, 2.75) is 45.1 Å². The highest BCUT2D eigenvalue weighted by atomic mass is 35.5. The second-order valence-electron chi connectivity index (χ2n) is 6.30. The van der Waals surface area contributed by atoms with Crippen LogP contribution in [-0.2, 0) is 6.42 Å². The maximum Gasteiger partial charge on any atom is 0.227 e. The Kier molecular flexibility index (Phi) is 5.91. The Morgan fingerprint density at radius 2 is 2.04 bits per heavy atom. The Hall–Kier alpha value is -1.81. The van der Waals surface area contributed by atoms with Crippen LogP contribution in [0.2, 0.25) is 5.02 Å². The second kappa shape index (κ2) is 8.34. The first-order valence-corrected chi connectivity index (χ1v) is 9.22. The zero-order chi connectivity index (χ0) is 16.8. The van der Waals surface area contributed by atoms with E-state index in [2.05, 4.69) is 34.3 Å². The zero-order valence-corrected chi connectivity index (χ0v) is 15.0. The van der Waals surface area contributed by atoms with Gasteiger partial charge in [0.1, 0.15) is 5.82 Å². The molecule has 2 aromatic rings. The molecule has 1 saturated heterocycles. The summed E-state index contributed by atoms with van der Waals surface area (Å²) in [6, 6.07) is 10.5. The molecule has 1 aliphatic heterocycles. The van der Waals surface area contributed by atoms with E-state index in [1.165, 1.54) is 24.8 Å². The minimum atomic E-state index is 0.572. The third kappa shape index (κ3) is 4.38. The monoisotopic (exact) mass is 344 g/mol. The van der Waals surface area contributed by atoms with Crippen LogP contribution in [0.4, 0.5) is 11.8 Å². The topological polar surface area (TPSA) is 41.1 Å². The maximum absolute atomic E-state index is 5.92. The molecule has 0 aliphatic carbocycles. The molecule has 1 N–H and O–H groups in total. The summed E-state index contributed by atoms with van der Waals surface area (Å²) in [4.78, 5) is 11.6. The summed E-state index contributed by atoms with van der Waals surface area (Å²) in [7, 11) is 0. The number of aromatic nitrogens is 2. The Bertz CT molecular complexity index is 644. The van der Waals surface area contributed by atoms with Gasteiger partial charge in [0.25, 0.3) is 0 Å². The molecule has 1 aliphatic rings. The van der Waals surface area contributed by atoms with Crippen molar-refractivity contribution < 1.29 is 0 Å². The van der Waals surface area contributed by atoms with Crippen LogP contribution in [0.5, 0.6) is 0 Å². The number of benzene rings is 1. The van der Waals surface area contributed by atoms with Crippen LogP contribution < -0.4 is 10.2 Å². The van der Waals surface area contributed by atoms with E-state index in [0.29, 0.717) is 6.04 Å². The van der Waals surface area contributed by atoms with Gasteiger partial charge in [0.05, 0.1) is 0 Å². The first-order valence-electron chi connectivity index (χ1n) is 8.84. The molecule has 0 saturated carbocycles. The van der Waals surface area contributed by atoms with Gasteiger partial charge >= 0.3 is 0 Å². The SMILES string of the molecule is CCC1CCCCN1c1nccc(NCCc2ccc(Cl)cc2)n1. The normalized spacial score (nSPS) is 17.8. The number of anilines is 2. The van der Waals surface area contributed by atoms with Crippen LogP contribution in [0.1, 0.15) is 38.2 Å². The molecule has 128 valence electrons. The van der Waals surface area contributed by atoms with Gasteiger partial charge in [-0.1, -0.05) is 30.7 Å². The first-order chi connectivity index (χ1) is 11.8. The molecule has 0 spiro atoms. The molecule has 0 bridgehead atoms. The molecule has 0 radical (unpaired) electrons. The Morgan fingerprint density at radius 1 is 1.21 bits per heavy atom. The molecular formula is C19H25ClN4. The molecule has 2 heterocycles. The van der Waals surface area contributed by atoms with Crippen molar-refractivity contribution in [3.63, 3.8) is 0 Å². The van der Waals surface area contributed by atoms with Crippen molar-refractivity contribution in [3.05, 3.63) is 47.1 Å². The van der Waals surface area contributed by atoms with E-state index in [1.54, 1.807) is 0 Å². The lowest BCUT2D eigenvalue weighted by Gasteiger charge is -2.35. The highest BCUT2D eigenvalue weighted by molar-refractivity contribution is 6.30. The van der Waals surface area contributed by atoms with Crippen LogP contribution in [0, 0.1) is 0 Å². The number of piperidine rings is 1. The Balaban J connectivity index is 1.59. The van der Waals surface area contributed by atoms with Gasteiger partial charge in [-0.25, -0.2) is 4.98 Å². The van der Waals surface area contributed by atoms with Crippen LogP contribution >= 0.6 is 11.6 Å². The lowest BCUT2D eigenvalue weighted by atomic mass is 10.0. The van der Waals surface area contributed by atoms with Gasteiger partial charge < -0.3 is 10.2 Å². The summed E-state index contributed by atoms with van der Waals surface area (Å²) in [5.41, 5.74) is 1.27. The second-order valence-corrected chi connectivity index (χ2v) is 6.73. The number of nitrogens with one attached hydrogen (secondary N) is 1. The summed E-state index contributed by atoms with van der Waals surface area (Å²) in [6.07, 6.45) is 7.74. The van der Waals surface area contributed by atoms with E-state index < -0.39 is 0 Å². The lowest BCUT2D eigenvalue weighted by Crippen LogP contribution is -2.40. The molecule has 1 unspecified atom stereocenters. The van der Waals surface area contributed by atoms with Crippen molar-refractivity contribution in [1.29, 1.82) is 0 Å². The molecular weight excluding hydrogens is 320 g/mol. The molecule has 4 nitrogen and oxygen atoms in total. The van der Waals surface area contributed by atoms with Gasteiger partial charge in [-0.05, 0) is 55.9 Å². The molecule has 1 atom stereocenters.